The Labute approximate surface area is 176 Å². The zero-order chi connectivity index (χ0) is 20.6. The Hall–Kier alpha value is -2.38. The number of rotatable bonds is 7. The minimum atomic E-state index is -0.205. The highest BCUT2D eigenvalue weighted by Crippen LogP contribution is 2.25. The summed E-state index contributed by atoms with van der Waals surface area (Å²) < 4.78 is 13.0. The molecule has 2 N–H and O–H groups in total. The van der Waals surface area contributed by atoms with Crippen molar-refractivity contribution < 1.29 is 4.39 Å². The van der Waals surface area contributed by atoms with E-state index in [4.69, 9.17) is 11.6 Å². The van der Waals surface area contributed by atoms with Crippen molar-refractivity contribution in [1.82, 2.24) is 20.5 Å². The molecule has 2 heterocycles. The average molecular weight is 419 g/mol. The third kappa shape index (κ3) is 6.30. The number of halogens is 2. The minimum Gasteiger partial charge on any atom is -0.355 e. The topological polar surface area (TPSA) is 55.8 Å². The van der Waals surface area contributed by atoms with E-state index >= 15 is 0 Å². The summed E-state index contributed by atoms with van der Waals surface area (Å²) in [7, 11) is 3.83. The second-order valence-electron chi connectivity index (χ2n) is 7.25. The molecule has 3 rings (SSSR count). The quantitative estimate of drug-likeness (QED) is 0.535. The smallest absolute Gasteiger partial charge is 0.191 e. The van der Waals surface area contributed by atoms with E-state index in [9.17, 15) is 4.39 Å². The van der Waals surface area contributed by atoms with Crippen molar-refractivity contribution in [1.29, 1.82) is 0 Å². The van der Waals surface area contributed by atoms with Crippen LogP contribution in [0.15, 0.2) is 47.6 Å². The molecule has 0 aliphatic carbocycles. The largest absolute Gasteiger partial charge is 0.355 e. The van der Waals surface area contributed by atoms with Gasteiger partial charge in [0, 0.05) is 52.0 Å². The van der Waals surface area contributed by atoms with Crippen molar-refractivity contribution in [3.63, 3.8) is 0 Å². The molecule has 2 aromatic rings. The molecule has 8 heteroatoms. The van der Waals surface area contributed by atoms with E-state index in [2.05, 4.69) is 30.4 Å². The zero-order valence-electron chi connectivity index (χ0n) is 16.9. The predicted molar refractivity (Wildman–Crippen MR) is 117 cm³/mol. The number of benzene rings is 1. The van der Waals surface area contributed by atoms with Gasteiger partial charge in [-0.2, -0.15) is 0 Å². The van der Waals surface area contributed by atoms with Crippen LogP contribution < -0.4 is 15.5 Å². The van der Waals surface area contributed by atoms with E-state index in [0.717, 1.165) is 56.5 Å². The highest BCUT2D eigenvalue weighted by Gasteiger charge is 2.25. The van der Waals surface area contributed by atoms with Crippen molar-refractivity contribution in [2.24, 2.45) is 4.99 Å². The molecule has 1 aromatic carbocycles. The highest BCUT2D eigenvalue weighted by molar-refractivity contribution is 6.32. The number of hydrogen-bond acceptors (Lipinski definition) is 4. The standard InChI is InChI=1S/C21H28ClFN6/c1-24-21(26-11-13-28(2)14-16-5-7-17(23)8-6-16)27-18-9-12-29(15-18)20-19(22)4-3-10-25-20/h3-8,10,18H,9,11-15H2,1-2H3,(H2,24,26,27). The van der Waals surface area contributed by atoms with Crippen LogP contribution in [-0.4, -0.2) is 62.2 Å². The monoisotopic (exact) mass is 418 g/mol. The number of likely N-dealkylation sites (N-methyl/N-ethyl adjacent to an activating group) is 1. The van der Waals surface area contributed by atoms with Crippen molar-refractivity contribution in [3.8, 4) is 0 Å². The molecule has 156 valence electrons. The third-order valence-corrected chi connectivity index (χ3v) is 5.24. The number of hydrogen-bond donors (Lipinski definition) is 2. The van der Waals surface area contributed by atoms with Crippen LogP contribution in [0.4, 0.5) is 10.2 Å². The fraction of sp³-hybridized carbons (Fsp3) is 0.429. The van der Waals surface area contributed by atoms with Gasteiger partial charge in [-0.1, -0.05) is 23.7 Å². The van der Waals surface area contributed by atoms with Gasteiger partial charge in [-0.25, -0.2) is 9.37 Å². The van der Waals surface area contributed by atoms with Crippen molar-refractivity contribution in [2.75, 3.05) is 45.2 Å². The van der Waals surface area contributed by atoms with Crippen LogP contribution in [0, 0.1) is 5.82 Å². The summed E-state index contributed by atoms with van der Waals surface area (Å²) in [6.45, 7) is 4.13. The van der Waals surface area contributed by atoms with Crippen molar-refractivity contribution >= 4 is 23.4 Å². The Balaban J connectivity index is 1.40. The number of pyridine rings is 1. The molecular weight excluding hydrogens is 391 g/mol. The fourth-order valence-electron chi connectivity index (χ4n) is 3.41. The van der Waals surface area contributed by atoms with E-state index in [1.807, 2.05) is 31.3 Å². The van der Waals surface area contributed by atoms with Crippen LogP contribution in [0.1, 0.15) is 12.0 Å². The average Bonchev–Trinajstić information content (AvgIpc) is 3.17. The lowest BCUT2D eigenvalue weighted by molar-refractivity contribution is 0.331. The SMILES string of the molecule is CN=C(NCCN(C)Cc1ccc(F)cc1)NC1CCN(c2ncccc2Cl)C1. The molecule has 1 aliphatic rings. The van der Waals surface area contributed by atoms with E-state index in [0.29, 0.717) is 5.02 Å². The lowest BCUT2D eigenvalue weighted by atomic mass is 10.2. The Morgan fingerprint density at radius 3 is 2.86 bits per heavy atom. The summed E-state index contributed by atoms with van der Waals surface area (Å²) in [4.78, 5) is 13.1. The van der Waals surface area contributed by atoms with Gasteiger partial charge in [0.25, 0.3) is 0 Å². The number of guanidine groups is 1. The molecule has 0 spiro atoms. The summed E-state index contributed by atoms with van der Waals surface area (Å²) in [6, 6.07) is 10.6. The van der Waals surface area contributed by atoms with E-state index in [1.165, 1.54) is 12.1 Å². The van der Waals surface area contributed by atoms with Gasteiger partial charge in [-0.15, -0.1) is 0 Å². The second kappa shape index (κ2) is 10.4. The summed E-state index contributed by atoms with van der Waals surface area (Å²) in [6.07, 6.45) is 2.77. The second-order valence-corrected chi connectivity index (χ2v) is 7.66. The molecule has 1 fully saturated rings. The highest BCUT2D eigenvalue weighted by atomic mass is 35.5. The number of aromatic nitrogens is 1. The maximum absolute atomic E-state index is 13.0. The van der Waals surface area contributed by atoms with Crippen molar-refractivity contribution in [2.45, 2.75) is 19.0 Å². The Morgan fingerprint density at radius 1 is 1.34 bits per heavy atom. The number of nitrogens with zero attached hydrogens (tertiary/aromatic N) is 4. The molecule has 0 amide bonds. The van der Waals surface area contributed by atoms with Crippen LogP contribution in [0.5, 0.6) is 0 Å². The molecule has 0 radical (unpaired) electrons. The van der Waals surface area contributed by atoms with Gasteiger partial charge in [0.1, 0.15) is 11.6 Å². The summed E-state index contributed by atoms with van der Waals surface area (Å²) in [5, 5.41) is 7.53. The number of anilines is 1. The summed E-state index contributed by atoms with van der Waals surface area (Å²) in [5.74, 6) is 1.42. The first-order valence-corrected chi connectivity index (χ1v) is 10.2. The lowest BCUT2D eigenvalue weighted by Crippen LogP contribution is -2.46. The van der Waals surface area contributed by atoms with Gasteiger partial charge in [0.15, 0.2) is 5.96 Å². The fourth-order valence-corrected chi connectivity index (χ4v) is 3.66. The van der Waals surface area contributed by atoms with Gasteiger partial charge < -0.3 is 20.4 Å². The van der Waals surface area contributed by atoms with E-state index in [-0.39, 0.29) is 11.9 Å². The molecule has 1 aliphatic heterocycles. The maximum Gasteiger partial charge on any atom is 0.191 e. The molecule has 6 nitrogen and oxygen atoms in total. The molecule has 0 bridgehead atoms. The molecule has 1 unspecified atom stereocenters. The molecule has 29 heavy (non-hydrogen) atoms. The number of nitrogens with one attached hydrogen (secondary N) is 2. The Kier molecular flexibility index (Phi) is 7.66. The molecular formula is C21H28ClFN6. The van der Waals surface area contributed by atoms with E-state index < -0.39 is 0 Å². The third-order valence-electron chi connectivity index (χ3n) is 4.94. The normalized spacial score (nSPS) is 17.1. The first kappa shape index (κ1) is 21.3. The summed E-state index contributed by atoms with van der Waals surface area (Å²) >= 11 is 6.27. The van der Waals surface area contributed by atoms with Gasteiger partial charge >= 0.3 is 0 Å². The molecule has 1 aromatic heterocycles. The predicted octanol–water partition coefficient (Wildman–Crippen LogP) is 2.75. The molecule has 0 saturated carbocycles. The summed E-state index contributed by atoms with van der Waals surface area (Å²) in [5.41, 5.74) is 1.09. The van der Waals surface area contributed by atoms with Gasteiger partial charge in [-0.05, 0) is 43.3 Å². The Bertz CT molecular complexity index is 813. The first-order chi connectivity index (χ1) is 14.0. The van der Waals surface area contributed by atoms with Crippen LogP contribution in [0.2, 0.25) is 5.02 Å². The van der Waals surface area contributed by atoms with Crippen LogP contribution in [-0.2, 0) is 6.54 Å². The van der Waals surface area contributed by atoms with Crippen molar-refractivity contribution in [3.05, 3.63) is 59.0 Å². The first-order valence-electron chi connectivity index (χ1n) is 9.81. The molecule has 1 atom stereocenters. The minimum absolute atomic E-state index is 0.205. The number of aliphatic imine (C=N–C) groups is 1. The van der Waals surface area contributed by atoms with Crippen LogP contribution in [0.3, 0.4) is 0 Å². The van der Waals surface area contributed by atoms with Crippen LogP contribution in [0.25, 0.3) is 0 Å². The van der Waals surface area contributed by atoms with E-state index in [1.54, 1.807) is 13.2 Å². The molecule has 1 saturated heterocycles. The van der Waals surface area contributed by atoms with Gasteiger partial charge in [0.05, 0.1) is 5.02 Å². The Morgan fingerprint density at radius 2 is 2.14 bits per heavy atom. The lowest BCUT2D eigenvalue weighted by Gasteiger charge is -2.21. The zero-order valence-corrected chi connectivity index (χ0v) is 17.7. The maximum atomic E-state index is 13.0. The van der Waals surface area contributed by atoms with Crippen LogP contribution >= 0.6 is 11.6 Å². The van der Waals surface area contributed by atoms with Gasteiger partial charge in [-0.3, -0.25) is 4.99 Å². The van der Waals surface area contributed by atoms with Gasteiger partial charge in [0.2, 0.25) is 0 Å².